The van der Waals surface area contributed by atoms with Gasteiger partial charge in [-0.05, 0) is 53.3 Å². The number of carbonyl (C=O) groups excluding carboxylic acids is 1. The van der Waals surface area contributed by atoms with Crippen LogP contribution >= 0.6 is 0 Å². The van der Waals surface area contributed by atoms with Gasteiger partial charge in [-0.25, -0.2) is 9.97 Å². The SMILES string of the molecule is CC1(C)Cc2cnc(N)nc2-c2[nH]c3ccc(C(=O)NCc4ccccn4)cc3c21. The van der Waals surface area contributed by atoms with Crippen LogP contribution in [0.1, 0.15) is 41.0 Å². The molecule has 150 valence electrons. The second-order valence-corrected chi connectivity index (χ2v) is 8.30. The summed E-state index contributed by atoms with van der Waals surface area (Å²) in [6, 6.07) is 11.4. The van der Waals surface area contributed by atoms with E-state index in [-0.39, 0.29) is 17.3 Å². The lowest BCUT2D eigenvalue weighted by Gasteiger charge is -2.31. The molecule has 0 aliphatic heterocycles. The maximum atomic E-state index is 12.8. The lowest BCUT2D eigenvalue weighted by Crippen LogP contribution is -2.26. The first kappa shape index (κ1) is 18.3. The Hall–Kier alpha value is -3.74. The molecule has 5 rings (SSSR count). The van der Waals surface area contributed by atoms with Gasteiger partial charge in [0.25, 0.3) is 5.91 Å². The zero-order valence-corrected chi connectivity index (χ0v) is 16.9. The number of pyridine rings is 1. The van der Waals surface area contributed by atoms with Crippen LogP contribution in [0.15, 0.2) is 48.8 Å². The zero-order chi connectivity index (χ0) is 20.9. The fourth-order valence-corrected chi connectivity index (χ4v) is 4.32. The van der Waals surface area contributed by atoms with Gasteiger partial charge in [0.15, 0.2) is 0 Å². The standard InChI is InChI=1S/C23H22N6O/c1-23(2)10-14-11-27-22(24)29-19(14)20-18(23)16-9-13(6-7-17(16)28-20)21(30)26-12-15-5-3-4-8-25-15/h3-9,11,28H,10,12H2,1-2H3,(H,26,30)(H2,24,27,29). The van der Waals surface area contributed by atoms with Crippen LogP contribution < -0.4 is 11.1 Å². The predicted octanol–water partition coefficient (Wildman–Crippen LogP) is 3.37. The van der Waals surface area contributed by atoms with E-state index in [4.69, 9.17) is 5.73 Å². The highest BCUT2D eigenvalue weighted by Crippen LogP contribution is 2.45. The number of carbonyl (C=O) groups is 1. The van der Waals surface area contributed by atoms with Crippen molar-refractivity contribution in [1.82, 2.24) is 25.3 Å². The summed E-state index contributed by atoms with van der Waals surface area (Å²) >= 11 is 0. The highest BCUT2D eigenvalue weighted by Gasteiger charge is 2.35. The molecule has 1 aliphatic carbocycles. The van der Waals surface area contributed by atoms with E-state index < -0.39 is 0 Å². The van der Waals surface area contributed by atoms with Crippen molar-refractivity contribution in [2.24, 2.45) is 0 Å². The molecular formula is C23H22N6O. The van der Waals surface area contributed by atoms with Gasteiger partial charge in [-0.15, -0.1) is 0 Å². The lowest BCUT2D eigenvalue weighted by atomic mass is 9.73. The average molecular weight is 398 g/mol. The number of nitrogen functional groups attached to an aromatic ring is 1. The van der Waals surface area contributed by atoms with E-state index >= 15 is 0 Å². The van der Waals surface area contributed by atoms with Crippen LogP contribution in [0.4, 0.5) is 5.95 Å². The summed E-state index contributed by atoms with van der Waals surface area (Å²) in [6.07, 6.45) is 4.33. The normalized spacial score (nSPS) is 14.2. The molecule has 4 aromatic rings. The van der Waals surface area contributed by atoms with E-state index in [0.717, 1.165) is 45.5 Å². The number of aromatic amines is 1. The van der Waals surface area contributed by atoms with E-state index in [1.807, 2.05) is 42.6 Å². The first-order chi connectivity index (χ1) is 14.4. The first-order valence-corrected chi connectivity index (χ1v) is 9.88. The van der Waals surface area contributed by atoms with Crippen molar-refractivity contribution >= 4 is 22.8 Å². The average Bonchev–Trinajstić information content (AvgIpc) is 3.13. The topological polar surface area (TPSA) is 110 Å². The van der Waals surface area contributed by atoms with Crippen LogP contribution in [-0.2, 0) is 18.4 Å². The fourth-order valence-electron chi connectivity index (χ4n) is 4.32. The molecule has 0 fully saturated rings. The van der Waals surface area contributed by atoms with Gasteiger partial charge in [-0.3, -0.25) is 9.78 Å². The third-order valence-corrected chi connectivity index (χ3v) is 5.65. The molecule has 0 spiro atoms. The molecule has 0 unspecified atom stereocenters. The third-order valence-electron chi connectivity index (χ3n) is 5.65. The van der Waals surface area contributed by atoms with Crippen LogP contribution in [-0.4, -0.2) is 25.8 Å². The van der Waals surface area contributed by atoms with Gasteiger partial charge in [-0.2, -0.15) is 0 Å². The molecular weight excluding hydrogens is 376 g/mol. The number of nitrogens with two attached hydrogens (primary N) is 1. The van der Waals surface area contributed by atoms with Crippen molar-refractivity contribution in [1.29, 1.82) is 0 Å². The van der Waals surface area contributed by atoms with Crippen LogP contribution in [0.3, 0.4) is 0 Å². The van der Waals surface area contributed by atoms with E-state index in [1.54, 1.807) is 6.20 Å². The fraction of sp³-hybridized carbons (Fsp3) is 0.217. The Bertz CT molecular complexity index is 1280. The van der Waals surface area contributed by atoms with Crippen LogP contribution in [0.5, 0.6) is 0 Å². The summed E-state index contributed by atoms with van der Waals surface area (Å²) in [7, 11) is 0. The van der Waals surface area contributed by atoms with Gasteiger partial charge in [0.05, 0.1) is 23.6 Å². The summed E-state index contributed by atoms with van der Waals surface area (Å²) in [5, 5.41) is 3.98. The summed E-state index contributed by atoms with van der Waals surface area (Å²) in [5.74, 6) is 0.130. The van der Waals surface area contributed by atoms with Gasteiger partial charge >= 0.3 is 0 Å². The number of fused-ring (bicyclic) bond motifs is 5. The first-order valence-electron chi connectivity index (χ1n) is 9.88. The van der Waals surface area contributed by atoms with Gasteiger partial charge in [0.2, 0.25) is 5.95 Å². The van der Waals surface area contributed by atoms with Gasteiger partial charge in [0, 0.05) is 28.9 Å². The molecule has 3 aromatic heterocycles. The van der Waals surface area contributed by atoms with Gasteiger partial charge < -0.3 is 16.0 Å². The largest absolute Gasteiger partial charge is 0.368 e. The molecule has 0 bridgehead atoms. The Morgan fingerprint density at radius 2 is 2.10 bits per heavy atom. The Kier molecular flexibility index (Phi) is 4.06. The Morgan fingerprint density at radius 1 is 1.23 bits per heavy atom. The number of nitrogens with one attached hydrogen (secondary N) is 2. The quantitative estimate of drug-likeness (QED) is 0.490. The zero-order valence-electron chi connectivity index (χ0n) is 16.9. The summed E-state index contributed by atoms with van der Waals surface area (Å²) in [5.41, 5.74) is 12.1. The number of hydrogen-bond acceptors (Lipinski definition) is 5. The summed E-state index contributed by atoms with van der Waals surface area (Å²) in [6.45, 7) is 4.79. The number of anilines is 1. The monoisotopic (exact) mass is 398 g/mol. The molecule has 7 nitrogen and oxygen atoms in total. The van der Waals surface area contributed by atoms with Crippen molar-refractivity contribution in [2.75, 3.05) is 5.73 Å². The Balaban J connectivity index is 1.55. The lowest BCUT2D eigenvalue weighted by molar-refractivity contribution is 0.0950. The molecule has 3 heterocycles. The minimum atomic E-state index is -0.136. The third kappa shape index (κ3) is 2.99. The van der Waals surface area contributed by atoms with Gasteiger partial charge in [-0.1, -0.05) is 19.9 Å². The number of H-pyrrole nitrogens is 1. The highest BCUT2D eigenvalue weighted by molar-refractivity contribution is 6.01. The number of nitrogens with zero attached hydrogens (tertiary/aromatic N) is 3. The van der Waals surface area contributed by atoms with Crippen molar-refractivity contribution < 1.29 is 4.79 Å². The Morgan fingerprint density at radius 3 is 2.90 bits per heavy atom. The van der Waals surface area contributed by atoms with Crippen molar-refractivity contribution in [2.45, 2.75) is 32.2 Å². The number of amides is 1. The molecule has 1 amide bonds. The van der Waals surface area contributed by atoms with Crippen molar-refractivity contribution in [3.05, 3.63) is 71.2 Å². The van der Waals surface area contributed by atoms with E-state index in [0.29, 0.717) is 12.1 Å². The molecule has 1 aromatic carbocycles. The van der Waals surface area contributed by atoms with Crippen LogP contribution in [0, 0.1) is 0 Å². The predicted molar refractivity (Wildman–Crippen MR) is 116 cm³/mol. The molecule has 0 atom stereocenters. The minimum absolute atomic E-state index is 0.127. The molecule has 0 radical (unpaired) electrons. The molecule has 30 heavy (non-hydrogen) atoms. The van der Waals surface area contributed by atoms with Crippen molar-refractivity contribution in [3.8, 4) is 11.4 Å². The summed E-state index contributed by atoms with van der Waals surface area (Å²) < 4.78 is 0. The van der Waals surface area contributed by atoms with E-state index in [9.17, 15) is 4.79 Å². The maximum Gasteiger partial charge on any atom is 0.251 e. The smallest absolute Gasteiger partial charge is 0.251 e. The molecule has 0 saturated heterocycles. The Labute approximate surface area is 173 Å². The van der Waals surface area contributed by atoms with Crippen molar-refractivity contribution in [3.63, 3.8) is 0 Å². The maximum absolute atomic E-state index is 12.8. The number of aromatic nitrogens is 4. The second kappa shape index (κ2) is 6.66. The van der Waals surface area contributed by atoms with Gasteiger partial charge in [0.1, 0.15) is 0 Å². The van der Waals surface area contributed by atoms with E-state index in [2.05, 4.69) is 39.1 Å². The highest BCUT2D eigenvalue weighted by atomic mass is 16.1. The van der Waals surface area contributed by atoms with E-state index in [1.165, 1.54) is 0 Å². The van der Waals surface area contributed by atoms with Crippen LogP contribution in [0.2, 0.25) is 0 Å². The minimum Gasteiger partial charge on any atom is -0.368 e. The number of hydrogen-bond donors (Lipinski definition) is 3. The van der Waals surface area contributed by atoms with Crippen LogP contribution in [0.25, 0.3) is 22.3 Å². The molecule has 0 saturated carbocycles. The molecule has 7 heteroatoms. The second-order valence-electron chi connectivity index (χ2n) is 8.30. The molecule has 4 N–H and O–H groups in total. The molecule has 1 aliphatic rings. The number of benzene rings is 1. The summed E-state index contributed by atoms with van der Waals surface area (Å²) in [4.78, 5) is 29.2. The number of rotatable bonds is 3.